The molecule has 0 aliphatic rings. The number of carbonyl (C=O) groups is 2. The molecule has 2 aromatic heterocycles. The highest BCUT2D eigenvalue weighted by Crippen LogP contribution is 2.19. The maximum atomic E-state index is 12.3. The normalized spacial score (nSPS) is 10.7. The molecule has 0 unspecified atom stereocenters. The average molecular weight is 319 g/mol. The van der Waals surface area contributed by atoms with Gasteiger partial charge in [0.15, 0.2) is 0 Å². The van der Waals surface area contributed by atoms with Crippen molar-refractivity contribution in [1.82, 2.24) is 4.57 Å². The van der Waals surface area contributed by atoms with Crippen molar-refractivity contribution in [3.8, 4) is 0 Å². The maximum absolute atomic E-state index is 12.3. The largest absolute Gasteiger partial charge is 0.365 e. The van der Waals surface area contributed by atoms with Crippen LogP contribution in [0.3, 0.4) is 0 Å². The molecule has 2 amide bonds. The van der Waals surface area contributed by atoms with Gasteiger partial charge in [0, 0.05) is 18.1 Å². The molecule has 3 N–H and O–H groups in total. The Labute approximate surface area is 131 Å². The van der Waals surface area contributed by atoms with Crippen LogP contribution in [0.1, 0.15) is 33.9 Å². The van der Waals surface area contributed by atoms with Gasteiger partial charge in [0.2, 0.25) is 0 Å². The monoisotopic (exact) mass is 319 g/mol. The summed E-state index contributed by atoms with van der Waals surface area (Å²) in [5, 5.41) is 4.21. The van der Waals surface area contributed by atoms with E-state index in [1.807, 2.05) is 13.8 Å². The minimum Gasteiger partial charge on any atom is -0.365 e. The van der Waals surface area contributed by atoms with Crippen molar-refractivity contribution in [3.63, 3.8) is 0 Å². The van der Waals surface area contributed by atoms with Crippen LogP contribution in [0.4, 0.5) is 5.69 Å². The Morgan fingerprint density at radius 2 is 2.14 bits per heavy atom. The highest BCUT2D eigenvalue weighted by molar-refractivity contribution is 7.12. The number of hydrogen-bond donors (Lipinski definition) is 2. The summed E-state index contributed by atoms with van der Waals surface area (Å²) < 4.78 is 1.52. The molecule has 22 heavy (non-hydrogen) atoms. The van der Waals surface area contributed by atoms with Gasteiger partial charge in [0.05, 0.1) is 10.6 Å². The van der Waals surface area contributed by atoms with Crippen molar-refractivity contribution >= 4 is 28.8 Å². The van der Waals surface area contributed by atoms with E-state index in [0.29, 0.717) is 23.0 Å². The minimum atomic E-state index is -0.551. The number of nitrogens with two attached hydrogens (primary N) is 1. The lowest BCUT2D eigenvalue weighted by molar-refractivity contribution is 0.0999. The van der Waals surface area contributed by atoms with E-state index in [1.54, 1.807) is 17.6 Å². The Kier molecular flexibility index (Phi) is 4.77. The molecule has 0 bridgehead atoms. The van der Waals surface area contributed by atoms with Gasteiger partial charge in [0.1, 0.15) is 5.56 Å². The van der Waals surface area contributed by atoms with Crippen molar-refractivity contribution < 1.29 is 9.59 Å². The van der Waals surface area contributed by atoms with E-state index < -0.39 is 11.8 Å². The fourth-order valence-corrected chi connectivity index (χ4v) is 2.67. The first-order chi connectivity index (χ1) is 10.4. The van der Waals surface area contributed by atoms with Crippen LogP contribution in [-0.4, -0.2) is 16.4 Å². The fourth-order valence-electron chi connectivity index (χ4n) is 1.98. The Hall–Kier alpha value is -2.41. The van der Waals surface area contributed by atoms with Gasteiger partial charge in [0.25, 0.3) is 17.4 Å². The lowest BCUT2D eigenvalue weighted by Crippen LogP contribution is -2.29. The van der Waals surface area contributed by atoms with Gasteiger partial charge >= 0.3 is 0 Å². The molecule has 0 saturated carbocycles. The van der Waals surface area contributed by atoms with Gasteiger partial charge in [-0.05, 0) is 24.1 Å². The van der Waals surface area contributed by atoms with Gasteiger partial charge in [-0.15, -0.1) is 11.3 Å². The van der Waals surface area contributed by atoms with Gasteiger partial charge in [-0.1, -0.05) is 13.8 Å². The molecule has 2 aromatic rings. The third-order valence-corrected chi connectivity index (χ3v) is 3.87. The molecule has 7 heteroatoms. The quantitative estimate of drug-likeness (QED) is 0.881. The number of hydrogen-bond acceptors (Lipinski definition) is 4. The Morgan fingerprint density at radius 3 is 2.73 bits per heavy atom. The highest BCUT2D eigenvalue weighted by Gasteiger charge is 2.14. The first-order valence-electron chi connectivity index (χ1n) is 6.77. The van der Waals surface area contributed by atoms with Crippen LogP contribution in [0.15, 0.2) is 34.6 Å². The third-order valence-electron chi connectivity index (χ3n) is 2.93. The predicted octanol–water partition coefficient (Wildman–Crippen LogP) is 1.92. The van der Waals surface area contributed by atoms with Gasteiger partial charge in [-0.2, -0.15) is 0 Å². The lowest BCUT2D eigenvalue weighted by Gasteiger charge is -2.10. The predicted molar refractivity (Wildman–Crippen MR) is 86.3 cm³/mol. The fraction of sp³-hybridized carbons (Fsp3) is 0.267. The van der Waals surface area contributed by atoms with E-state index in [0.717, 1.165) is 11.3 Å². The topological polar surface area (TPSA) is 94.2 Å². The average Bonchev–Trinajstić information content (AvgIpc) is 2.89. The zero-order valence-electron chi connectivity index (χ0n) is 12.3. The first-order valence-corrected chi connectivity index (χ1v) is 7.65. The molecule has 0 aliphatic heterocycles. The molecule has 2 heterocycles. The molecule has 0 fully saturated rings. The van der Waals surface area contributed by atoms with Crippen LogP contribution in [0, 0.1) is 5.92 Å². The number of primary amides is 1. The molecule has 0 spiro atoms. The second kappa shape index (κ2) is 6.57. The molecule has 0 saturated heterocycles. The molecule has 0 aliphatic carbocycles. The van der Waals surface area contributed by atoms with E-state index in [2.05, 4.69) is 5.32 Å². The highest BCUT2D eigenvalue weighted by atomic mass is 32.1. The van der Waals surface area contributed by atoms with Gasteiger partial charge in [-0.3, -0.25) is 14.4 Å². The molecule has 0 aromatic carbocycles. The van der Waals surface area contributed by atoms with Gasteiger partial charge < -0.3 is 15.6 Å². The van der Waals surface area contributed by atoms with Crippen LogP contribution in [0.2, 0.25) is 0 Å². The third kappa shape index (κ3) is 3.62. The first kappa shape index (κ1) is 16.0. The van der Waals surface area contributed by atoms with Gasteiger partial charge in [-0.25, -0.2) is 0 Å². The second-order valence-corrected chi connectivity index (χ2v) is 6.20. The van der Waals surface area contributed by atoms with Crippen LogP contribution >= 0.6 is 11.3 Å². The number of anilines is 1. The summed E-state index contributed by atoms with van der Waals surface area (Å²) in [6.07, 6.45) is 1.66. The van der Waals surface area contributed by atoms with E-state index in [-0.39, 0.29) is 11.1 Å². The van der Waals surface area contributed by atoms with E-state index in [9.17, 15) is 14.4 Å². The van der Waals surface area contributed by atoms with Crippen molar-refractivity contribution in [1.29, 1.82) is 0 Å². The number of rotatable bonds is 5. The Balaban J connectivity index is 2.22. The van der Waals surface area contributed by atoms with Crippen LogP contribution in [-0.2, 0) is 6.54 Å². The summed E-state index contributed by atoms with van der Waals surface area (Å²) in [5.41, 5.74) is 5.34. The minimum absolute atomic E-state index is 0.0648. The van der Waals surface area contributed by atoms with Crippen molar-refractivity contribution in [2.75, 3.05) is 5.32 Å². The Bertz CT molecular complexity index is 761. The lowest BCUT2D eigenvalue weighted by atomic mass is 10.2. The van der Waals surface area contributed by atoms with Crippen molar-refractivity contribution in [2.45, 2.75) is 20.4 Å². The molecule has 116 valence electrons. The Morgan fingerprint density at radius 1 is 1.41 bits per heavy atom. The summed E-state index contributed by atoms with van der Waals surface area (Å²) in [6.45, 7) is 4.54. The summed E-state index contributed by atoms with van der Waals surface area (Å²) in [6, 6.07) is 4.64. The zero-order chi connectivity index (χ0) is 16.3. The maximum Gasteiger partial charge on any atom is 0.263 e. The second-order valence-electron chi connectivity index (χ2n) is 5.29. The van der Waals surface area contributed by atoms with E-state index in [1.165, 1.54) is 16.7 Å². The van der Waals surface area contributed by atoms with Crippen LogP contribution in [0.5, 0.6) is 0 Å². The molecule has 0 radical (unpaired) electrons. The molecule has 6 nitrogen and oxygen atoms in total. The summed E-state index contributed by atoms with van der Waals surface area (Å²) in [7, 11) is 0. The number of amides is 2. The summed E-state index contributed by atoms with van der Waals surface area (Å²) >= 11 is 1.14. The zero-order valence-corrected chi connectivity index (χ0v) is 13.1. The number of pyridine rings is 1. The standard InChI is InChI=1S/C15H17N3O3S/c1-9(2)7-18-5-3-4-11(15(18)21)14(20)17-10-6-12(13(16)19)22-8-10/h3-6,8-9H,7H2,1-2H3,(H2,16,19)(H,17,20). The molecular formula is C15H17N3O3S. The molecule has 2 rings (SSSR count). The SMILES string of the molecule is CC(C)Cn1cccc(C(=O)Nc2csc(C(N)=O)c2)c1=O. The summed E-state index contributed by atoms with van der Waals surface area (Å²) in [5.74, 6) is -0.757. The number of carbonyl (C=O) groups excluding carboxylic acids is 2. The smallest absolute Gasteiger partial charge is 0.263 e. The van der Waals surface area contributed by atoms with E-state index >= 15 is 0 Å². The number of nitrogens with one attached hydrogen (secondary N) is 1. The molecule has 0 atom stereocenters. The summed E-state index contributed by atoms with van der Waals surface area (Å²) in [4.78, 5) is 35.9. The van der Waals surface area contributed by atoms with Crippen molar-refractivity contribution in [3.05, 3.63) is 50.6 Å². The number of thiophene rings is 1. The molecular weight excluding hydrogens is 302 g/mol. The number of nitrogens with zero attached hydrogens (tertiary/aromatic N) is 1. The van der Waals surface area contributed by atoms with Crippen LogP contribution in [0.25, 0.3) is 0 Å². The van der Waals surface area contributed by atoms with Crippen LogP contribution < -0.4 is 16.6 Å². The number of aromatic nitrogens is 1. The van der Waals surface area contributed by atoms with E-state index in [4.69, 9.17) is 5.73 Å². The van der Waals surface area contributed by atoms with Crippen molar-refractivity contribution in [2.24, 2.45) is 11.7 Å².